The quantitative estimate of drug-likeness (QED) is 0.310. The van der Waals surface area contributed by atoms with Crippen LogP contribution in [-0.2, 0) is 6.18 Å². The van der Waals surface area contributed by atoms with E-state index in [1.807, 2.05) is 0 Å². The number of benzene rings is 3. The van der Waals surface area contributed by atoms with E-state index in [0.29, 0.717) is 21.6 Å². The lowest BCUT2D eigenvalue weighted by Crippen LogP contribution is -2.44. The molecule has 0 fully saturated rings. The van der Waals surface area contributed by atoms with Crippen molar-refractivity contribution >= 4 is 40.1 Å². The lowest BCUT2D eigenvalue weighted by atomic mass is 10.0. The summed E-state index contributed by atoms with van der Waals surface area (Å²) in [7, 11) is 0. The number of para-hydroxylation sites is 1. The second-order valence-electron chi connectivity index (χ2n) is 7.19. The zero-order valence-corrected chi connectivity index (χ0v) is 18.0. The molecule has 0 atom stereocenters. The number of hydrogen-bond acceptors (Lipinski definition) is 3. The predicted octanol–water partition coefficient (Wildman–Crippen LogP) is 6.04. The molecule has 0 aliphatic heterocycles. The molecule has 172 valence electrons. The van der Waals surface area contributed by atoms with E-state index in [4.69, 9.17) is 11.6 Å². The van der Waals surface area contributed by atoms with E-state index in [0.717, 1.165) is 17.7 Å². The number of carbonyl (C=O) groups is 2. The van der Waals surface area contributed by atoms with E-state index < -0.39 is 23.7 Å². The first-order valence-electron chi connectivity index (χ1n) is 9.91. The van der Waals surface area contributed by atoms with Crippen molar-refractivity contribution in [2.45, 2.75) is 6.18 Å². The highest BCUT2D eigenvalue weighted by Gasteiger charge is 2.30. The van der Waals surface area contributed by atoms with Crippen LogP contribution in [0.15, 0.2) is 78.9 Å². The molecule has 0 radical (unpaired) electrons. The van der Waals surface area contributed by atoms with Crippen molar-refractivity contribution in [2.24, 2.45) is 0 Å². The number of halogens is 4. The van der Waals surface area contributed by atoms with Gasteiger partial charge in [0, 0.05) is 21.7 Å². The summed E-state index contributed by atoms with van der Waals surface area (Å²) in [6.45, 7) is 0. The van der Waals surface area contributed by atoms with Gasteiger partial charge in [0.15, 0.2) is 0 Å². The van der Waals surface area contributed by atoms with Gasteiger partial charge in [0.1, 0.15) is 0 Å². The molecular formula is C24H16ClF3N4O2. The smallest absolute Gasteiger partial charge is 0.307 e. The van der Waals surface area contributed by atoms with Crippen molar-refractivity contribution < 1.29 is 22.8 Å². The monoisotopic (exact) mass is 484 g/mol. The first kappa shape index (κ1) is 23.1. The number of rotatable bonds is 3. The van der Waals surface area contributed by atoms with Gasteiger partial charge in [-0.05, 0) is 42.5 Å². The molecule has 1 aromatic heterocycles. The molecule has 6 nitrogen and oxygen atoms in total. The first-order valence-corrected chi connectivity index (χ1v) is 10.3. The highest BCUT2D eigenvalue weighted by molar-refractivity contribution is 6.30. The van der Waals surface area contributed by atoms with Crippen molar-refractivity contribution in [3.05, 3.63) is 95.0 Å². The Morgan fingerprint density at radius 3 is 2.32 bits per heavy atom. The Hall–Kier alpha value is -4.11. The van der Waals surface area contributed by atoms with E-state index in [2.05, 4.69) is 21.2 Å². The number of aromatic nitrogens is 1. The van der Waals surface area contributed by atoms with Crippen LogP contribution in [0.5, 0.6) is 0 Å². The SMILES string of the molecule is O=C(NNC(=O)c1cc(-c2ccc(Cl)cc2)nc2ccccc12)Nc1cccc(C(F)(F)F)c1. The molecule has 34 heavy (non-hydrogen) atoms. The molecular weight excluding hydrogens is 469 g/mol. The predicted molar refractivity (Wildman–Crippen MR) is 123 cm³/mol. The summed E-state index contributed by atoms with van der Waals surface area (Å²) in [6.07, 6.45) is -4.55. The summed E-state index contributed by atoms with van der Waals surface area (Å²) < 4.78 is 38.6. The summed E-state index contributed by atoms with van der Waals surface area (Å²) in [5.74, 6) is -0.631. The number of hydrazine groups is 1. The number of amides is 3. The molecule has 0 unspecified atom stereocenters. The van der Waals surface area contributed by atoms with E-state index in [-0.39, 0.29) is 11.3 Å². The standard InChI is InChI=1S/C24H16ClF3N4O2/c25-16-10-8-14(9-11-16)21-13-19(18-6-1-2-7-20(18)30-21)22(33)31-32-23(34)29-17-5-3-4-15(12-17)24(26,27)28/h1-13H,(H,31,33)(H2,29,32,34). The van der Waals surface area contributed by atoms with Gasteiger partial charge in [-0.25, -0.2) is 15.2 Å². The van der Waals surface area contributed by atoms with Gasteiger partial charge >= 0.3 is 12.2 Å². The molecule has 3 amide bonds. The largest absolute Gasteiger partial charge is 0.416 e. The highest BCUT2D eigenvalue weighted by atomic mass is 35.5. The molecule has 0 saturated heterocycles. The third kappa shape index (κ3) is 5.26. The third-order valence-corrected chi connectivity index (χ3v) is 5.09. The molecule has 0 bridgehead atoms. The van der Waals surface area contributed by atoms with E-state index in [1.165, 1.54) is 12.1 Å². The molecule has 0 aliphatic carbocycles. The van der Waals surface area contributed by atoms with Crippen LogP contribution < -0.4 is 16.2 Å². The fraction of sp³-hybridized carbons (Fsp3) is 0.0417. The lowest BCUT2D eigenvalue weighted by molar-refractivity contribution is -0.137. The maximum Gasteiger partial charge on any atom is 0.416 e. The van der Waals surface area contributed by atoms with E-state index in [9.17, 15) is 22.8 Å². The minimum atomic E-state index is -4.55. The number of nitrogens with zero attached hydrogens (tertiary/aromatic N) is 1. The van der Waals surface area contributed by atoms with Crippen molar-refractivity contribution in [1.82, 2.24) is 15.8 Å². The van der Waals surface area contributed by atoms with Crippen LogP contribution in [0.4, 0.5) is 23.7 Å². The average molecular weight is 485 g/mol. The van der Waals surface area contributed by atoms with Crippen LogP contribution in [0.25, 0.3) is 22.2 Å². The van der Waals surface area contributed by atoms with Gasteiger partial charge in [-0.3, -0.25) is 10.2 Å². The molecule has 1 heterocycles. The van der Waals surface area contributed by atoms with Crippen LogP contribution >= 0.6 is 11.6 Å². The fourth-order valence-corrected chi connectivity index (χ4v) is 3.37. The molecule has 4 rings (SSSR count). The Kier molecular flexibility index (Phi) is 6.38. The second-order valence-corrected chi connectivity index (χ2v) is 7.63. The van der Waals surface area contributed by atoms with Crippen LogP contribution in [0.3, 0.4) is 0 Å². The number of alkyl halides is 3. The number of anilines is 1. The number of nitrogens with one attached hydrogen (secondary N) is 3. The van der Waals surface area contributed by atoms with Crippen LogP contribution in [0, 0.1) is 0 Å². The zero-order valence-electron chi connectivity index (χ0n) is 17.3. The van der Waals surface area contributed by atoms with Gasteiger partial charge < -0.3 is 5.32 Å². The van der Waals surface area contributed by atoms with Gasteiger partial charge in [-0.15, -0.1) is 0 Å². The summed E-state index contributed by atoms with van der Waals surface area (Å²) in [4.78, 5) is 29.6. The molecule has 3 N–H and O–H groups in total. The van der Waals surface area contributed by atoms with Crippen molar-refractivity contribution in [2.75, 3.05) is 5.32 Å². The Bertz CT molecular complexity index is 1380. The zero-order chi connectivity index (χ0) is 24.3. The van der Waals surface area contributed by atoms with Crippen LogP contribution in [-0.4, -0.2) is 16.9 Å². The molecule has 3 aromatic carbocycles. The number of fused-ring (bicyclic) bond motifs is 1. The van der Waals surface area contributed by atoms with Gasteiger partial charge in [0.2, 0.25) is 0 Å². The van der Waals surface area contributed by atoms with Crippen LogP contribution in [0.1, 0.15) is 15.9 Å². The van der Waals surface area contributed by atoms with Gasteiger partial charge in [-0.2, -0.15) is 13.2 Å². The lowest BCUT2D eigenvalue weighted by Gasteiger charge is -2.13. The number of pyridine rings is 1. The fourth-order valence-electron chi connectivity index (χ4n) is 3.25. The number of urea groups is 1. The van der Waals surface area contributed by atoms with E-state index in [1.54, 1.807) is 54.6 Å². The number of carbonyl (C=O) groups excluding carboxylic acids is 2. The van der Waals surface area contributed by atoms with Gasteiger partial charge in [0.25, 0.3) is 5.91 Å². The topological polar surface area (TPSA) is 83.1 Å². The van der Waals surface area contributed by atoms with Crippen LogP contribution in [0.2, 0.25) is 5.02 Å². The normalized spacial score (nSPS) is 11.2. The maximum absolute atomic E-state index is 12.9. The second kappa shape index (κ2) is 9.40. The average Bonchev–Trinajstić information content (AvgIpc) is 2.82. The molecule has 10 heteroatoms. The summed E-state index contributed by atoms with van der Waals surface area (Å²) in [6, 6.07) is 18.7. The Morgan fingerprint density at radius 1 is 0.853 bits per heavy atom. The van der Waals surface area contributed by atoms with Crippen molar-refractivity contribution in [3.63, 3.8) is 0 Å². The summed E-state index contributed by atoms with van der Waals surface area (Å²) in [5, 5.41) is 3.36. The van der Waals surface area contributed by atoms with Crippen molar-refractivity contribution in [1.29, 1.82) is 0 Å². The summed E-state index contributed by atoms with van der Waals surface area (Å²) >= 11 is 5.95. The van der Waals surface area contributed by atoms with Crippen molar-refractivity contribution in [3.8, 4) is 11.3 Å². The van der Waals surface area contributed by atoms with Gasteiger partial charge in [0.05, 0.1) is 22.3 Å². The number of hydrogen-bond donors (Lipinski definition) is 3. The first-order chi connectivity index (χ1) is 16.2. The Labute approximate surface area is 196 Å². The third-order valence-electron chi connectivity index (χ3n) is 4.84. The minimum absolute atomic E-state index is 0.0824. The Balaban J connectivity index is 1.53. The molecule has 0 saturated carbocycles. The molecule has 0 aliphatic rings. The highest BCUT2D eigenvalue weighted by Crippen LogP contribution is 2.30. The Morgan fingerprint density at radius 2 is 1.59 bits per heavy atom. The van der Waals surface area contributed by atoms with E-state index >= 15 is 0 Å². The summed E-state index contributed by atoms with van der Waals surface area (Å²) in [5.41, 5.74) is 5.50. The minimum Gasteiger partial charge on any atom is -0.307 e. The maximum atomic E-state index is 12.9. The molecule has 0 spiro atoms. The van der Waals surface area contributed by atoms with Gasteiger partial charge in [-0.1, -0.05) is 48.0 Å². The molecule has 4 aromatic rings.